The van der Waals surface area contributed by atoms with Crippen molar-refractivity contribution in [3.05, 3.63) is 46.7 Å². The summed E-state index contributed by atoms with van der Waals surface area (Å²) in [5, 5.41) is 3.34. The van der Waals surface area contributed by atoms with Crippen molar-refractivity contribution in [2.24, 2.45) is 0 Å². The Morgan fingerprint density at radius 1 is 1.30 bits per heavy atom. The van der Waals surface area contributed by atoms with E-state index >= 15 is 0 Å². The van der Waals surface area contributed by atoms with Crippen LogP contribution in [0, 0.1) is 5.82 Å². The smallest absolute Gasteiger partial charge is 0.124 e. The molecule has 1 N–H and O–H groups in total. The Morgan fingerprint density at radius 2 is 1.95 bits per heavy atom. The predicted molar refractivity (Wildman–Crippen MR) is 90.6 cm³/mol. The van der Waals surface area contributed by atoms with Crippen LogP contribution in [0.5, 0.6) is 0 Å². The third-order valence-corrected chi connectivity index (χ3v) is 3.71. The van der Waals surface area contributed by atoms with Crippen molar-refractivity contribution < 1.29 is 4.39 Å². The minimum Gasteiger partial charge on any atom is -0.314 e. The van der Waals surface area contributed by atoms with Crippen LogP contribution in [0.2, 0.25) is 0 Å². The van der Waals surface area contributed by atoms with E-state index in [1.54, 1.807) is 6.07 Å². The Bertz CT molecular complexity index is 405. The maximum absolute atomic E-state index is 13.5. The van der Waals surface area contributed by atoms with Crippen molar-refractivity contribution in [1.29, 1.82) is 0 Å². The molecule has 1 aromatic rings. The summed E-state index contributed by atoms with van der Waals surface area (Å²) in [6.45, 7) is 7.78. The van der Waals surface area contributed by atoms with Gasteiger partial charge in [-0.25, -0.2) is 4.39 Å². The van der Waals surface area contributed by atoms with Gasteiger partial charge in [0, 0.05) is 36.7 Å². The summed E-state index contributed by atoms with van der Waals surface area (Å²) in [5.41, 5.74) is 1.02. The molecule has 0 spiro atoms. The second-order valence-electron chi connectivity index (χ2n) is 4.53. The van der Waals surface area contributed by atoms with Crippen molar-refractivity contribution in [3.63, 3.8) is 0 Å². The number of hydrogen-bond donors (Lipinski definition) is 1. The fourth-order valence-corrected chi connectivity index (χ4v) is 2.90. The van der Waals surface area contributed by atoms with E-state index in [-0.39, 0.29) is 36.7 Å². The lowest BCUT2D eigenvalue weighted by Gasteiger charge is -2.34. The Balaban J connectivity index is 0.00000180. The van der Waals surface area contributed by atoms with E-state index in [1.807, 2.05) is 12.1 Å². The SMILES string of the molecule is C=CC[C@@H](c1cc(F)cc(Br)c1)N1CCNCC1.Cl.Cl. The van der Waals surface area contributed by atoms with E-state index < -0.39 is 0 Å². The second kappa shape index (κ2) is 9.74. The zero-order valence-corrected chi connectivity index (χ0v) is 14.4. The molecule has 1 fully saturated rings. The highest BCUT2D eigenvalue weighted by Gasteiger charge is 2.21. The molecule has 1 aromatic carbocycles. The lowest BCUT2D eigenvalue weighted by molar-refractivity contribution is 0.174. The van der Waals surface area contributed by atoms with Gasteiger partial charge in [0.2, 0.25) is 0 Å². The first kappa shape index (κ1) is 19.9. The minimum absolute atomic E-state index is 0. The number of nitrogens with one attached hydrogen (secondary N) is 1. The van der Waals surface area contributed by atoms with Crippen LogP contribution >= 0.6 is 40.7 Å². The summed E-state index contributed by atoms with van der Waals surface area (Å²) < 4.78 is 14.3. The Labute approximate surface area is 140 Å². The number of rotatable bonds is 4. The van der Waals surface area contributed by atoms with Gasteiger partial charge in [0.15, 0.2) is 0 Å². The Morgan fingerprint density at radius 3 is 2.50 bits per heavy atom. The molecular formula is C14H20BrCl2FN2. The number of benzene rings is 1. The molecular weight excluding hydrogens is 366 g/mol. The summed E-state index contributed by atoms with van der Waals surface area (Å²) >= 11 is 3.36. The molecule has 6 heteroatoms. The van der Waals surface area contributed by atoms with Crippen LogP contribution in [-0.2, 0) is 0 Å². The number of hydrogen-bond acceptors (Lipinski definition) is 2. The quantitative estimate of drug-likeness (QED) is 0.789. The van der Waals surface area contributed by atoms with E-state index in [0.29, 0.717) is 0 Å². The molecule has 0 aliphatic carbocycles. The fourth-order valence-electron chi connectivity index (χ4n) is 2.42. The summed E-state index contributed by atoms with van der Waals surface area (Å²) in [6, 6.07) is 5.34. The van der Waals surface area contributed by atoms with Crippen LogP contribution in [0.3, 0.4) is 0 Å². The minimum atomic E-state index is -0.191. The summed E-state index contributed by atoms with van der Waals surface area (Å²) in [6.07, 6.45) is 2.75. The highest BCUT2D eigenvalue weighted by molar-refractivity contribution is 9.10. The highest BCUT2D eigenvalue weighted by Crippen LogP contribution is 2.28. The van der Waals surface area contributed by atoms with Crippen molar-refractivity contribution in [2.75, 3.05) is 26.2 Å². The lowest BCUT2D eigenvalue weighted by atomic mass is 10.0. The molecule has 114 valence electrons. The van der Waals surface area contributed by atoms with Gasteiger partial charge >= 0.3 is 0 Å². The van der Waals surface area contributed by atoms with E-state index in [4.69, 9.17) is 0 Å². The molecule has 1 saturated heterocycles. The van der Waals surface area contributed by atoms with Crippen molar-refractivity contribution in [3.8, 4) is 0 Å². The summed E-state index contributed by atoms with van der Waals surface area (Å²) in [5.74, 6) is -0.191. The number of piperazine rings is 1. The summed E-state index contributed by atoms with van der Waals surface area (Å²) in [4.78, 5) is 2.39. The first-order valence-corrected chi connectivity index (χ1v) is 7.01. The van der Waals surface area contributed by atoms with Crippen LogP contribution in [-0.4, -0.2) is 31.1 Å². The lowest BCUT2D eigenvalue weighted by Crippen LogP contribution is -2.45. The molecule has 2 nitrogen and oxygen atoms in total. The van der Waals surface area contributed by atoms with Crippen LogP contribution < -0.4 is 5.32 Å². The van der Waals surface area contributed by atoms with Gasteiger partial charge in [0.1, 0.15) is 5.82 Å². The maximum Gasteiger partial charge on any atom is 0.124 e. The normalized spacial score (nSPS) is 16.7. The number of halogens is 4. The molecule has 0 aromatic heterocycles. The molecule has 1 atom stereocenters. The molecule has 20 heavy (non-hydrogen) atoms. The molecule has 0 unspecified atom stereocenters. The van der Waals surface area contributed by atoms with Crippen molar-refractivity contribution in [2.45, 2.75) is 12.5 Å². The van der Waals surface area contributed by atoms with E-state index in [1.165, 1.54) is 6.07 Å². The third kappa shape index (κ3) is 5.34. The van der Waals surface area contributed by atoms with Crippen LogP contribution in [0.15, 0.2) is 35.3 Å². The zero-order valence-electron chi connectivity index (χ0n) is 11.1. The average molecular weight is 386 g/mol. The van der Waals surface area contributed by atoms with Gasteiger partial charge in [0.05, 0.1) is 0 Å². The molecule has 2 rings (SSSR count). The van der Waals surface area contributed by atoms with Crippen LogP contribution in [0.1, 0.15) is 18.0 Å². The Hall–Kier alpha value is -0.130. The van der Waals surface area contributed by atoms with Gasteiger partial charge < -0.3 is 5.32 Å². The topological polar surface area (TPSA) is 15.3 Å². The molecule has 0 saturated carbocycles. The van der Waals surface area contributed by atoms with E-state index in [2.05, 4.69) is 32.7 Å². The van der Waals surface area contributed by atoms with Gasteiger partial charge in [0.25, 0.3) is 0 Å². The van der Waals surface area contributed by atoms with Gasteiger partial charge in [-0.1, -0.05) is 22.0 Å². The monoisotopic (exact) mass is 384 g/mol. The largest absolute Gasteiger partial charge is 0.314 e. The number of nitrogens with zero attached hydrogens (tertiary/aromatic N) is 1. The standard InChI is InChI=1S/C14H18BrFN2.2ClH/c1-2-3-14(18-6-4-17-5-7-18)11-8-12(15)10-13(16)9-11;;/h2,8-10,14,17H,1,3-7H2;2*1H/t14-;;/m0../s1. The molecule has 0 amide bonds. The van der Waals surface area contributed by atoms with E-state index in [9.17, 15) is 4.39 Å². The van der Waals surface area contributed by atoms with Crippen LogP contribution in [0.25, 0.3) is 0 Å². The van der Waals surface area contributed by atoms with Gasteiger partial charge in [-0.2, -0.15) is 0 Å². The maximum atomic E-state index is 13.5. The second-order valence-corrected chi connectivity index (χ2v) is 5.44. The molecule has 0 radical (unpaired) electrons. The average Bonchev–Trinajstić information content (AvgIpc) is 2.36. The highest BCUT2D eigenvalue weighted by atomic mass is 79.9. The third-order valence-electron chi connectivity index (χ3n) is 3.25. The van der Waals surface area contributed by atoms with Crippen molar-refractivity contribution in [1.82, 2.24) is 10.2 Å². The van der Waals surface area contributed by atoms with Gasteiger partial charge in [-0.15, -0.1) is 31.4 Å². The molecule has 1 aliphatic rings. The van der Waals surface area contributed by atoms with E-state index in [0.717, 1.165) is 42.6 Å². The first-order valence-electron chi connectivity index (χ1n) is 6.22. The molecule has 0 bridgehead atoms. The van der Waals surface area contributed by atoms with Gasteiger partial charge in [-0.3, -0.25) is 4.90 Å². The van der Waals surface area contributed by atoms with Crippen molar-refractivity contribution >= 4 is 40.7 Å². The fraction of sp³-hybridized carbons (Fsp3) is 0.429. The first-order chi connectivity index (χ1) is 8.70. The summed E-state index contributed by atoms with van der Waals surface area (Å²) in [7, 11) is 0. The Kier molecular flexibility index (Phi) is 9.68. The molecule has 1 heterocycles. The zero-order chi connectivity index (χ0) is 13.0. The predicted octanol–water partition coefficient (Wildman–Crippen LogP) is 3.95. The van der Waals surface area contributed by atoms with Crippen LogP contribution in [0.4, 0.5) is 4.39 Å². The molecule has 1 aliphatic heterocycles. The van der Waals surface area contributed by atoms with Gasteiger partial charge in [-0.05, 0) is 30.2 Å².